The molecule has 0 fully saturated rings. The molecule has 0 spiro atoms. The summed E-state index contributed by atoms with van der Waals surface area (Å²) in [7, 11) is 1.95. The lowest BCUT2D eigenvalue weighted by Crippen LogP contribution is -1.98. The fourth-order valence-corrected chi connectivity index (χ4v) is 3.87. The Hall–Kier alpha value is -3.99. The Morgan fingerprint density at radius 1 is 1.00 bits per heavy atom. The number of allylic oxidation sites excluding steroid dienone is 1. The van der Waals surface area contributed by atoms with Crippen LogP contribution in [0.2, 0.25) is 0 Å². The Bertz CT molecular complexity index is 1320. The van der Waals surface area contributed by atoms with E-state index < -0.39 is 5.78 Å². The van der Waals surface area contributed by atoms with E-state index in [1.165, 1.54) is 6.07 Å². The highest BCUT2D eigenvalue weighted by atomic mass is 16.5. The first-order chi connectivity index (χ1) is 14.0. The summed E-state index contributed by atoms with van der Waals surface area (Å²) >= 11 is 0. The number of rotatable bonds is 2. The molecule has 0 radical (unpaired) electrons. The van der Waals surface area contributed by atoms with Gasteiger partial charge in [0.15, 0.2) is 5.76 Å². The monoisotopic (exact) mass is 383 g/mol. The third-order valence-electron chi connectivity index (χ3n) is 5.15. The van der Waals surface area contributed by atoms with Crippen LogP contribution in [0.25, 0.3) is 28.1 Å². The number of benzene rings is 3. The number of aryl methyl sites for hydroxylation is 1. The molecule has 5 nitrogen and oxygen atoms in total. The van der Waals surface area contributed by atoms with Crippen molar-refractivity contribution < 1.29 is 19.7 Å². The summed E-state index contributed by atoms with van der Waals surface area (Å²) in [6, 6.07) is 18.6. The van der Waals surface area contributed by atoms with Crippen LogP contribution in [-0.2, 0) is 7.05 Å². The molecule has 29 heavy (non-hydrogen) atoms. The molecule has 0 amide bonds. The number of nitrogens with zero attached hydrogens (tertiary/aromatic N) is 1. The van der Waals surface area contributed by atoms with E-state index in [9.17, 15) is 15.0 Å². The number of ether oxygens (including phenoxy) is 1. The maximum atomic E-state index is 12.8. The second-order valence-electron chi connectivity index (χ2n) is 7.04. The van der Waals surface area contributed by atoms with Gasteiger partial charge >= 0.3 is 0 Å². The Kier molecular flexibility index (Phi) is 3.71. The van der Waals surface area contributed by atoms with Crippen molar-refractivity contribution >= 4 is 22.8 Å². The summed E-state index contributed by atoms with van der Waals surface area (Å²) in [6.45, 7) is 0. The Labute approximate surface area is 166 Å². The van der Waals surface area contributed by atoms with Gasteiger partial charge in [-0.3, -0.25) is 4.79 Å². The number of hydrogen-bond donors (Lipinski definition) is 2. The fourth-order valence-electron chi connectivity index (χ4n) is 3.87. The van der Waals surface area contributed by atoms with Crippen molar-refractivity contribution in [3.8, 4) is 28.4 Å². The maximum absolute atomic E-state index is 12.8. The van der Waals surface area contributed by atoms with Crippen LogP contribution < -0.4 is 4.74 Å². The van der Waals surface area contributed by atoms with Gasteiger partial charge < -0.3 is 19.5 Å². The largest absolute Gasteiger partial charge is 0.508 e. The van der Waals surface area contributed by atoms with E-state index in [1.807, 2.05) is 60.3 Å². The highest BCUT2D eigenvalue weighted by Crippen LogP contribution is 2.41. The number of phenolic OH excluding ortho intramolecular Hbond substituents is 2. The minimum Gasteiger partial charge on any atom is -0.508 e. The molecule has 2 heterocycles. The lowest BCUT2D eigenvalue weighted by Gasteiger charge is -2.06. The van der Waals surface area contributed by atoms with E-state index in [1.54, 1.807) is 6.08 Å². The minimum atomic E-state index is -0.410. The zero-order chi connectivity index (χ0) is 20.1. The topological polar surface area (TPSA) is 71.7 Å². The van der Waals surface area contributed by atoms with Gasteiger partial charge in [0.2, 0.25) is 5.78 Å². The van der Waals surface area contributed by atoms with E-state index in [0.29, 0.717) is 0 Å². The highest BCUT2D eigenvalue weighted by molar-refractivity contribution is 6.17. The normalized spacial score (nSPS) is 14.4. The summed E-state index contributed by atoms with van der Waals surface area (Å²) in [5, 5.41) is 20.7. The lowest BCUT2D eigenvalue weighted by atomic mass is 9.98. The van der Waals surface area contributed by atoms with Gasteiger partial charge in [-0.25, -0.2) is 0 Å². The van der Waals surface area contributed by atoms with Gasteiger partial charge in [-0.05, 0) is 23.3 Å². The van der Waals surface area contributed by atoms with E-state index in [0.717, 1.165) is 33.7 Å². The highest BCUT2D eigenvalue weighted by Gasteiger charge is 2.31. The van der Waals surface area contributed by atoms with E-state index in [4.69, 9.17) is 4.74 Å². The average molecular weight is 383 g/mol. The van der Waals surface area contributed by atoms with Crippen LogP contribution in [0.4, 0.5) is 0 Å². The molecule has 1 aromatic heterocycles. The average Bonchev–Trinajstić information content (AvgIpc) is 3.19. The number of aromatic hydroxyl groups is 2. The number of aromatic nitrogens is 1. The van der Waals surface area contributed by atoms with Crippen LogP contribution >= 0.6 is 0 Å². The van der Waals surface area contributed by atoms with Crippen molar-refractivity contribution in [3.63, 3.8) is 0 Å². The predicted molar refractivity (Wildman–Crippen MR) is 111 cm³/mol. The summed E-state index contributed by atoms with van der Waals surface area (Å²) < 4.78 is 7.67. The first kappa shape index (κ1) is 17.1. The molecule has 1 aliphatic heterocycles. The van der Waals surface area contributed by atoms with Crippen molar-refractivity contribution in [1.82, 2.24) is 4.57 Å². The van der Waals surface area contributed by atoms with Gasteiger partial charge in [0, 0.05) is 41.8 Å². The molecule has 0 saturated heterocycles. The maximum Gasteiger partial charge on any atom is 0.235 e. The number of ketones is 1. The number of fused-ring (bicyclic) bond motifs is 2. The number of Topliss-reactive ketones (excluding diaryl/α,β-unsaturated/α-hetero) is 1. The molecule has 3 aromatic carbocycles. The van der Waals surface area contributed by atoms with Crippen LogP contribution in [-0.4, -0.2) is 20.6 Å². The van der Waals surface area contributed by atoms with Gasteiger partial charge in [-0.1, -0.05) is 42.5 Å². The SMILES string of the molecule is Cn1cc(/C=C2/Oc3cc(O)cc(O)c3C2=O)c2c(-c3ccccc3)cccc21. The van der Waals surface area contributed by atoms with Gasteiger partial charge in [0.25, 0.3) is 0 Å². The summed E-state index contributed by atoms with van der Waals surface area (Å²) in [6.07, 6.45) is 3.63. The third kappa shape index (κ3) is 2.67. The molecule has 0 bridgehead atoms. The first-order valence-corrected chi connectivity index (χ1v) is 9.16. The van der Waals surface area contributed by atoms with Crippen molar-refractivity contribution in [2.45, 2.75) is 0 Å². The van der Waals surface area contributed by atoms with Crippen LogP contribution in [0.3, 0.4) is 0 Å². The molecule has 0 atom stereocenters. The first-order valence-electron chi connectivity index (χ1n) is 9.16. The van der Waals surface area contributed by atoms with Gasteiger partial charge in [0.1, 0.15) is 22.8 Å². The summed E-state index contributed by atoms with van der Waals surface area (Å²) in [5.74, 6) is -0.603. The summed E-state index contributed by atoms with van der Waals surface area (Å²) in [5.41, 5.74) is 4.06. The zero-order valence-corrected chi connectivity index (χ0v) is 15.6. The van der Waals surface area contributed by atoms with Crippen molar-refractivity contribution in [3.05, 3.63) is 83.7 Å². The van der Waals surface area contributed by atoms with Gasteiger partial charge in [-0.15, -0.1) is 0 Å². The smallest absolute Gasteiger partial charge is 0.235 e. The van der Waals surface area contributed by atoms with Crippen LogP contribution in [0.5, 0.6) is 17.2 Å². The molecular weight excluding hydrogens is 366 g/mol. The Morgan fingerprint density at radius 2 is 1.79 bits per heavy atom. The molecule has 0 unspecified atom stereocenters. The minimum absolute atomic E-state index is 0.0672. The quantitative estimate of drug-likeness (QED) is 0.484. The number of hydrogen-bond acceptors (Lipinski definition) is 4. The van der Waals surface area contributed by atoms with E-state index >= 15 is 0 Å². The van der Waals surface area contributed by atoms with Crippen molar-refractivity contribution in [2.75, 3.05) is 0 Å². The summed E-state index contributed by atoms with van der Waals surface area (Å²) in [4.78, 5) is 12.8. The fraction of sp³-hybridized carbons (Fsp3) is 0.0417. The molecular formula is C24H17NO4. The van der Waals surface area contributed by atoms with Crippen LogP contribution in [0.15, 0.2) is 72.6 Å². The van der Waals surface area contributed by atoms with Gasteiger partial charge in [0.05, 0.1) is 0 Å². The molecule has 0 saturated carbocycles. The lowest BCUT2D eigenvalue weighted by molar-refractivity contribution is 0.101. The van der Waals surface area contributed by atoms with Crippen LogP contribution in [0.1, 0.15) is 15.9 Å². The second kappa shape index (κ2) is 6.27. The molecule has 4 aromatic rings. The molecule has 142 valence electrons. The predicted octanol–water partition coefficient (Wildman–Crippen LogP) is 4.87. The number of phenols is 2. The van der Waals surface area contributed by atoms with E-state index in [2.05, 4.69) is 6.07 Å². The number of carbonyl (C=O) groups is 1. The molecule has 2 N–H and O–H groups in total. The third-order valence-corrected chi connectivity index (χ3v) is 5.15. The van der Waals surface area contributed by atoms with Crippen LogP contribution in [0, 0.1) is 0 Å². The molecule has 5 heteroatoms. The van der Waals surface area contributed by atoms with Crippen molar-refractivity contribution in [1.29, 1.82) is 0 Å². The second-order valence-corrected chi connectivity index (χ2v) is 7.04. The Balaban J connectivity index is 1.69. The van der Waals surface area contributed by atoms with E-state index in [-0.39, 0.29) is 28.6 Å². The number of carbonyl (C=O) groups excluding carboxylic acids is 1. The van der Waals surface area contributed by atoms with Crippen molar-refractivity contribution in [2.24, 2.45) is 7.05 Å². The van der Waals surface area contributed by atoms with Gasteiger partial charge in [-0.2, -0.15) is 0 Å². The molecule has 5 rings (SSSR count). The standard InChI is InChI=1S/C24H17NO4/c1-25-13-15(10-21-24(28)23-19(27)11-16(26)12-20(23)29-21)22-17(8-5-9-18(22)25)14-6-3-2-4-7-14/h2-13,26-27H,1H3/b21-10+. The molecule has 0 aliphatic carbocycles. The Morgan fingerprint density at radius 3 is 2.59 bits per heavy atom. The zero-order valence-electron chi connectivity index (χ0n) is 15.6. The molecule has 1 aliphatic rings.